The zero-order chi connectivity index (χ0) is 15.4. The SMILES string of the molecule is Cc1cc(NC(=O)[C@H](N)c2ccccc2)ccc1[N+](=O)[O-]. The number of amides is 1. The Balaban J connectivity index is 2.13. The highest BCUT2D eigenvalue weighted by molar-refractivity contribution is 5.95. The molecule has 0 heterocycles. The molecule has 2 rings (SSSR count). The number of nitro groups is 1. The summed E-state index contributed by atoms with van der Waals surface area (Å²) in [5.74, 6) is -0.366. The van der Waals surface area contributed by atoms with Gasteiger partial charge in [0.25, 0.3) is 5.69 Å². The largest absolute Gasteiger partial charge is 0.324 e. The zero-order valence-electron chi connectivity index (χ0n) is 11.4. The number of nitrogens with two attached hydrogens (primary N) is 1. The van der Waals surface area contributed by atoms with E-state index in [-0.39, 0.29) is 11.6 Å². The van der Waals surface area contributed by atoms with E-state index in [0.717, 1.165) is 0 Å². The van der Waals surface area contributed by atoms with Crippen molar-refractivity contribution in [2.45, 2.75) is 13.0 Å². The van der Waals surface area contributed by atoms with Crippen LogP contribution >= 0.6 is 0 Å². The molecule has 0 aromatic heterocycles. The fourth-order valence-corrected chi connectivity index (χ4v) is 1.97. The molecule has 0 aliphatic carbocycles. The molecule has 6 heteroatoms. The molecule has 0 unspecified atom stereocenters. The molecule has 0 bridgehead atoms. The van der Waals surface area contributed by atoms with Gasteiger partial charge in [-0.25, -0.2) is 0 Å². The monoisotopic (exact) mass is 285 g/mol. The van der Waals surface area contributed by atoms with Gasteiger partial charge in [-0.3, -0.25) is 14.9 Å². The summed E-state index contributed by atoms with van der Waals surface area (Å²) in [7, 11) is 0. The van der Waals surface area contributed by atoms with Crippen LogP contribution in [0.25, 0.3) is 0 Å². The second kappa shape index (κ2) is 6.15. The van der Waals surface area contributed by atoms with E-state index in [1.54, 1.807) is 37.3 Å². The van der Waals surface area contributed by atoms with E-state index in [9.17, 15) is 14.9 Å². The van der Waals surface area contributed by atoms with E-state index in [1.165, 1.54) is 12.1 Å². The van der Waals surface area contributed by atoms with Gasteiger partial charge in [0.1, 0.15) is 6.04 Å². The molecule has 2 aromatic rings. The van der Waals surface area contributed by atoms with Gasteiger partial charge in [0.05, 0.1) is 4.92 Å². The first-order valence-electron chi connectivity index (χ1n) is 6.35. The molecule has 1 atom stereocenters. The number of hydrogen-bond donors (Lipinski definition) is 2. The Morgan fingerprint density at radius 1 is 1.24 bits per heavy atom. The fourth-order valence-electron chi connectivity index (χ4n) is 1.97. The summed E-state index contributed by atoms with van der Waals surface area (Å²) in [6.45, 7) is 1.62. The number of rotatable bonds is 4. The van der Waals surface area contributed by atoms with Crippen molar-refractivity contribution in [2.24, 2.45) is 5.73 Å². The highest BCUT2D eigenvalue weighted by Gasteiger charge is 2.17. The number of carbonyl (C=O) groups excluding carboxylic acids is 1. The number of aryl methyl sites for hydroxylation is 1. The topological polar surface area (TPSA) is 98.3 Å². The molecule has 0 saturated carbocycles. The smallest absolute Gasteiger partial charge is 0.272 e. The normalized spacial score (nSPS) is 11.7. The van der Waals surface area contributed by atoms with Gasteiger partial charge in [-0.05, 0) is 24.6 Å². The van der Waals surface area contributed by atoms with Crippen LogP contribution in [0.4, 0.5) is 11.4 Å². The maximum absolute atomic E-state index is 12.1. The van der Waals surface area contributed by atoms with Crippen LogP contribution in [0.2, 0.25) is 0 Å². The van der Waals surface area contributed by atoms with Gasteiger partial charge in [0, 0.05) is 17.3 Å². The summed E-state index contributed by atoms with van der Waals surface area (Å²) in [5.41, 5.74) is 7.56. The fraction of sp³-hybridized carbons (Fsp3) is 0.133. The molecule has 3 N–H and O–H groups in total. The summed E-state index contributed by atoms with van der Waals surface area (Å²) in [4.78, 5) is 22.4. The van der Waals surface area contributed by atoms with Crippen molar-refractivity contribution in [3.05, 3.63) is 69.8 Å². The highest BCUT2D eigenvalue weighted by atomic mass is 16.6. The third-order valence-electron chi connectivity index (χ3n) is 3.10. The summed E-state index contributed by atoms with van der Waals surface area (Å²) in [6.07, 6.45) is 0. The molecule has 108 valence electrons. The van der Waals surface area contributed by atoms with Crippen LogP contribution < -0.4 is 11.1 Å². The predicted octanol–water partition coefficient (Wildman–Crippen LogP) is 2.54. The van der Waals surface area contributed by atoms with Crippen molar-refractivity contribution in [1.82, 2.24) is 0 Å². The maximum atomic E-state index is 12.1. The second-order valence-corrected chi connectivity index (χ2v) is 4.64. The lowest BCUT2D eigenvalue weighted by Gasteiger charge is -2.13. The summed E-state index contributed by atoms with van der Waals surface area (Å²) >= 11 is 0. The Morgan fingerprint density at radius 3 is 2.48 bits per heavy atom. The number of benzene rings is 2. The summed E-state index contributed by atoms with van der Waals surface area (Å²) in [6, 6.07) is 12.6. The molecule has 0 radical (unpaired) electrons. The van der Waals surface area contributed by atoms with Gasteiger partial charge in [-0.2, -0.15) is 0 Å². The van der Waals surface area contributed by atoms with Crippen molar-refractivity contribution in [3.63, 3.8) is 0 Å². The number of nitrogens with one attached hydrogen (secondary N) is 1. The van der Waals surface area contributed by atoms with Crippen molar-refractivity contribution < 1.29 is 9.72 Å². The first-order chi connectivity index (χ1) is 9.99. The lowest BCUT2D eigenvalue weighted by molar-refractivity contribution is -0.385. The van der Waals surface area contributed by atoms with Crippen molar-refractivity contribution in [3.8, 4) is 0 Å². The Hall–Kier alpha value is -2.73. The third-order valence-corrected chi connectivity index (χ3v) is 3.10. The minimum atomic E-state index is -0.790. The van der Waals surface area contributed by atoms with Crippen LogP contribution in [0, 0.1) is 17.0 Å². The first kappa shape index (κ1) is 14.7. The Bertz CT molecular complexity index is 671. The first-order valence-corrected chi connectivity index (χ1v) is 6.35. The van der Waals surface area contributed by atoms with Crippen molar-refractivity contribution >= 4 is 17.3 Å². The number of anilines is 1. The van der Waals surface area contributed by atoms with E-state index < -0.39 is 11.0 Å². The van der Waals surface area contributed by atoms with Crippen LogP contribution in [-0.4, -0.2) is 10.8 Å². The van der Waals surface area contributed by atoms with Crippen LogP contribution in [0.15, 0.2) is 48.5 Å². The molecular formula is C15H15N3O3. The molecule has 21 heavy (non-hydrogen) atoms. The highest BCUT2D eigenvalue weighted by Crippen LogP contribution is 2.22. The Morgan fingerprint density at radius 2 is 1.90 bits per heavy atom. The number of carbonyl (C=O) groups is 1. The van der Waals surface area contributed by atoms with Crippen LogP contribution in [0.5, 0.6) is 0 Å². The van der Waals surface area contributed by atoms with Gasteiger partial charge in [0.2, 0.25) is 5.91 Å². The van der Waals surface area contributed by atoms with Crippen molar-refractivity contribution in [1.29, 1.82) is 0 Å². The minimum absolute atomic E-state index is 0.0142. The third kappa shape index (κ3) is 3.43. The van der Waals surface area contributed by atoms with E-state index in [1.807, 2.05) is 6.07 Å². The Kier molecular flexibility index (Phi) is 4.30. The van der Waals surface area contributed by atoms with Gasteiger partial charge < -0.3 is 11.1 Å². The van der Waals surface area contributed by atoms with E-state index in [0.29, 0.717) is 16.8 Å². The molecule has 0 aliphatic rings. The van der Waals surface area contributed by atoms with Gasteiger partial charge in [-0.1, -0.05) is 30.3 Å². The van der Waals surface area contributed by atoms with Gasteiger partial charge in [0.15, 0.2) is 0 Å². The number of nitro benzene ring substituents is 1. The average Bonchev–Trinajstić information content (AvgIpc) is 2.47. The standard InChI is InChI=1S/C15H15N3O3/c1-10-9-12(7-8-13(10)18(20)21)17-15(19)14(16)11-5-3-2-4-6-11/h2-9,14H,16H2,1H3,(H,17,19)/t14-/m1/s1. The van der Waals surface area contributed by atoms with E-state index in [2.05, 4.69) is 5.32 Å². The maximum Gasteiger partial charge on any atom is 0.272 e. The molecule has 6 nitrogen and oxygen atoms in total. The minimum Gasteiger partial charge on any atom is -0.324 e. The van der Waals surface area contributed by atoms with Crippen LogP contribution in [0.1, 0.15) is 17.2 Å². The molecule has 0 spiro atoms. The summed E-state index contributed by atoms with van der Waals surface area (Å²) < 4.78 is 0. The quantitative estimate of drug-likeness (QED) is 0.666. The summed E-state index contributed by atoms with van der Waals surface area (Å²) in [5, 5.41) is 13.4. The molecule has 0 fully saturated rings. The van der Waals surface area contributed by atoms with Gasteiger partial charge in [-0.15, -0.1) is 0 Å². The lowest BCUT2D eigenvalue weighted by atomic mass is 10.1. The molecule has 0 aliphatic heterocycles. The van der Waals surface area contributed by atoms with Crippen LogP contribution in [-0.2, 0) is 4.79 Å². The van der Waals surface area contributed by atoms with Gasteiger partial charge >= 0.3 is 0 Å². The Labute approximate surface area is 121 Å². The lowest BCUT2D eigenvalue weighted by Crippen LogP contribution is -2.27. The zero-order valence-corrected chi connectivity index (χ0v) is 11.4. The molecule has 0 saturated heterocycles. The predicted molar refractivity (Wildman–Crippen MR) is 79.8 cm³/mol. The molecular weight excluding hydrogens is 270 g/mol. The van der Waals surface area contributed by atoms with Crippen molar-refractivity contribution in [2.75, 3.05) is 5.32 Å². The molecule has 2 aromatic carbocycles. The number of hydrogen-bond acceptors (Lipinski definition) is 4. The van der Waals surface area contributed by atoms with Crippen LogP contribution in [0.3, 0.4) is 0 Å². The van der Waals surface area contributed by atoms with E-state index >= 15 is 0 Å². The average molecular weight is 285 g/mol. The van der Waals surface area contributed by atoms with E-state index in [4.69, 9.17) is 5.73 Å². The number of nitrogens with zero attached hydrogens (tertiary/aromatic N) is 1. The molecule has 1 amide bonds. The second-order valence-electron chi connectivity index (χ2n) is 4.64.